The summed E-state index contributed by atoms with van der Waals surface area (Å²) in [5, 5.41) is 7.33. The van der Waals surface area contributed by atoms with Gasteiger partial charge in [0, 0.05) is 19.5 Å². The Morgan fingerprint density at radius 1 is 1.40 bits per heavy atom. The number of ketones is 1. The maximum Gasteiger partial charge on any atom is 0.275 e. The van der Waals surface area contributed by atoms with Gasteiger partial charge in [0.15, 0.2) is 10.9 Å². The molecule has 2 aromatic rings. The van der Waals surface area contributed by atoms with E-state index in [4.69, 9.17) is 0 Å². The molecule has 0 aromatic carbocycles. The van der Waals surface area contributed by atoms with Gasteiger partial charge in [-0.25, -0.2) is 4.98 Å². The van der Waals surface area contributed by atoms with Gasteiger partial charge in [0.1, 0.15) is 5.69 Å². The van der Waals surface area contributed by atoms with E-state index < -0.39 is 0 Å². The second-order valence-corrected chi connectivity index (χ2v) is 5.92. The van der Waals surface area contributed by atoms with E-state index >= 15 is 0 Å². The van der Waals surface area contributed by atoms with E-state index in [-0.39, 0.29) is 11.7 Å². The first-order valence-electron chi connectivity index (χ1n) is 6.36. The van der Waals surface area contributed by atoms with Crippen molar-refractivity contribution in [1.82, 2.24) is 14.8 Å². The van der Waals surface area contributed by atoms with Crippen LogP contribution in [0.4, 0.5) is 5.13 Å². The van der Waals surface area contributed by atoms with Crippen molar-refractivity contribution in [3.05, 3.63) is 28.5 Å². The lowest BCUT2D eigenvalue weighted by Gasteiger charge is -2.04. The minimum Gasteiger partial charge on any atom is -0.296 e. The monoisotopic (exact) mass is 290 g/mol. The summed E-state index contributed by atoms with van der Waals surface area (Å²) in [6.45, 7) is 1.48. The molecular formula is C13H14N4O2S. The van der Waals surface area contributed by atoms with Gasteiger partial charge in [-0.05, 0) is 18.8 Å². The standard InChI is InChI=1S/C13H14N4O2S/c1-7(18)10-6-14-13(20-10)16-12(19)11-9(8-3-4-8)5-15-17(11)2/h5-6,8H,3-4H2,1-2H3,(H,14,16,19). The van der Waals surface area contributed by atoms with Crippen LogP contribution in [-0.2, 0) is 7.05 Å². The molecule has 0 spiro atoms. The molecule has 0 bridgehead atoms. The number of aryl methyl sites for hydroxylation is 1. The predicted molar refractivity (Wildman–Crippen MR) is 75.3 cm³/mol. The van der Waals surface area contributed by atoms with Gasteiger partial charge in [-0.1, -0.05) is 11.3 Å². The van der Waals surface area contributed by atoms with Crippen molar-refractivity contribution in [3.63, 3.8) is 0 Å². The molecule has 2 aromatic heterocycles. The smallest absolute Gasteiger partial charge is 0.275 e. The van der Waals surface area contributed by atoms with E-state index in [0.717, 1.165) is 18.4 Å². The molecule has 1 saturated carbocycles. The second kappa shape index (κ2) is 4.82. The zero-order valence-electron chi connectivity index (χ0n) is 11.2. The van der Waals surface area contributed by atoms with Crippen molar-refractivity contribution in [2.24, 2.45) is 7.05 Å². The van der Waals surface area contributed by atoms with Crippen LogP contribution in [0.2, 0.25) is 0 Å². The van der Waals surface area contributed by atoms with Crippen molar-refractivity contribution in [2.75, 3.05) is 5.32 Å². The molecule has 0 radical (unpaired) electrons. The number of nitrogens with one attached hydrogen (secondary N) is 1. The summed E-state index contributed by atoms with van der Waals surface area (Å²) in [5.41, 5.74) is 1.57. The number of rotatable bonds is 4. The first-order chi connectivity index (χ1) is 9.56. The van der Waals surface area contributed by atoms with Gasteiger partial charge in [-0.15, -0.1) is 0 Å². The van der Waals surface area contributed by atoms with Gasteiger partial charge in [0.25, 0.3) is 5.91 Å². The van der Waals surface area contributed by atoms with Crippen molar-refractivity contribution in [3.8, 4) is 0 Å². The second-order valence-electron chi connectivity index (χ2n) is 4.89. The lowest BCUT2D eigenvalue weighted by Crippen LogP contribution is -2.17. The normalized spacial score (nSPS) is 14.3. The van der Waals surface area contributed by atoms with Gasteiger partial charge in [-0.3, -0.25) is 19.6 Å². The Balaban J connectivity index is 1.82. The van der Waals surface area contributed by atoms with Crippen LogP contribution in [-0.4, -0.2) is 26.5 Å². The number of anilines is 1. The van der Waals surface area contributed by atoms with Crippen LogP contribution in [0.5, 0.6) is 0 Å². The molecule has 104 valence electrons. The van der Waals surface area contributed by atoms with Crippen molar-refractivity contribution in [1.29, 1.82) is 0 Å². The number of Topliss-reactive ketones (excluding diaryl/α,β-unsaturated/α-hetero) is 1. The molecule has 1 aliphatic carbocycles. The first-order valence-corrected chi connectivity index (χ1v) is 7.18. The van der Waals surface area contributed by atoms with E-state index in [1.807, 2.05) is 0 Å². The molecule has 6 nitrogen and oxygen atoms in total. The Hall–Kier alpha value is -2.02. The SMILES string of the molecule is CC(=O)c1cnc(NC(=O)c2c(C3CC3)cnn2C)s1. The molecule has 1 fully saturated rings. The molecule has 0 saturated heterocycles. The maximum absolute atomic E-state index is 12.3. The van der Waals surface area contributed by atoms with Gasteiger partial charge >= 0.3 is 0 Å². The van der Waals surface area contributed by atoms with Gasteiger partial charge in [-0.2, -0.15) is 5.10 Å². The highest BCUT2D eigenvalue weighted by Gasteiger charge is 2.31. The number of carbonyl (C=O) groups is 2. The highest BCUT2D eigenvalue weighted by molar-refractivity contribution is 7.17. The van der Waals surface area contributed by atoms with Crippen molar-refractivity contribution < 1.29 is 9.59 Å². The molecule has 3 rings (SSSR count). The number of aromatic nitrogens is 3. The number of hydrogen-bond donors (Lipinski definition) is 1. The maximum atomic E-state index is 12.3. The Labute approximate surface area is 119 Å². The molecular weight excluding hydrogens is 276 g/mol. The minimum atomic E-state index is -0.226. The zero-order chi connectivity index (χ0) is 14.3. The predicted octanol–water partition coefficient (Wildman–Crippen LogP) is 2.21. The summed E-state index contributed by atoms with van der Waals surface area (Å²) in [6, 6.07) is 0. The number of thiazole rings is 1. The highest BCUT2D eigenvalue weighted by Crippen LogP contribution is 2.41. The molecule has 20 heavy (non-hydrogen) atoms. The Morgan fingerprint density at radius 2 is 2.15 bits per heavy atom. The van der Waals surface area contributed by atoms with Gasteiger partial charge in [0.05, 0.1) is 17.3 Å². The van der Waals surface area contributed by atoms with Crippen LogP contribution in [0.25, 0.3) is 0 Å². The molecule has 1 aliphatic rings. The van der Waals surface area contributed by atoms with Crippen LogP contribution in [0.3, 0.4) is 0 Å². The Kier molecular flexibility index (Phi) is 3.13. The summed E-state index contributed by atoms with van der Waals surface area (Å²) >= 11 is 1.18. The highest BCUT2D eigenvalue weighted by atomic mass is 32.1. The largest absolute Gasteiger partial charge is 0.296 e. The fourth-order valence-electron chi connectivity index (χ4n) is 2.08. The zero-order valence-corrected chi connectivity index (χ0v) is 12.0. The fraction of sp³-hybridized carbons (Fsp3) is 0.385. The lowest BCUT2D eigenvalue weighted by atomic mass is 10.1. The third-order valence-electron chi connectivity index (χ3n) is 3.27. The van der Waals surface area contributed by atoms with Crippen LogP contribution in [0.1, 0.15) is 51.4 Å². The van der Waals surface area contributed by atoms with Crippen molar-refractivity contribution >= 4 is 28.2 Å². The fourth-order valence-corrected chi connectivity index (χ4v) is 2.78. The van der Waals surface area contributed by atoms with E-state index in [2.05, 4.69) is 15.4 Å². The number of hydrogen-bond acceptors (Lipinski definition) is 5. The molecule has 2 heterocycles. The van der Waals surface area contributed by atoms with Crippen LogP contribution >= 0.6 is 11.3 Å². The lowest BCUT2D eigenvalue weighted by molar-refractivity contribution is 0.101. The molecule has 0 unspecified atom stereocenters. The van der Waals surface area contributed by atoms with Gasteiger partial charge in [0.2, 0.25) is 0 Å². The van der Waals surface area contributed by atoms with E-state index in [9.17, 15) is 9.59 Å². The summed E-state index contributed by atoms with van der Waals surface area (Å²) in [4.78, 5) is 28.1. The molecule has 7 heteroatoms. The molecule has 1 amide bonds. The van der Waals surface area contributed by atoms with Gasteiger partial charge < -0.3 is 0 Å². The summed E-state index contributed by atoms with van der Waals surface area (Å²) < 4.78 is 1.59. The van der Waals surface area contributed by atoms with Crippen molar-refractivity contribution in [2.45, 2.75) is 25.7 Å². The molecule has 0 aliphatic heterocycles. The molecule has 0 atom stereocenters. The van der Waals surface area contributed by atoms with E-state index in [0.29, 0.717) is 21.6 Å². The Bertz CT molecular complexity index is 684. The average molecular weight is 290 g/mol. The van der Waals surface area contributed by atoms with E-state index in [1.54, 1.807) is 17.9 Å². The first kappa shape index (κ1) is 13.0. The topological polar surface area (TPSA) is 76.9 Å². The number of nitrogens with zero attached hydrogens (tertiary/aromatic N) is 3. The summed E-state index contributed by atoms with van der Waals surface area (Å²) in [6.07, 6.45) is 5.46. The number of carbonyl (C=O) groups excluding carboxylic acids is 2. The number of amides is 1. The van der Waals surface area contributed by atoms with Crippen LogP contribution < -0.4 is 5.32 Å². The average Bonchev–Trinajstić information content (AvgIpc) is 3.00. The Morgan fingerprint density at radius 3 is 2.75 bits per heavy atom. The third-order valence-corrected chi connectivity index (χ3v) is 4.29. The molecule has 1 N–H and O–H groups in total. The quantitative estimate of drug-likeness (QED) is 0.876. The third kappa shape index (κ3) is 2.36. The van der Waals surface area contributed by atoms with Crippen LogP contribution in [0, 0.1) is 0 Å². The van der Waals surface area contributed by atoms with E-state index in [1.165, 1.54) is 24.5 Å². The summed E-state index contributed by atoms with van der Waals surface area (Å²) in [7, 11) is 1.75. The van der Waals surface area contributed by atoms with Crippen LogP contribution in [0.15, 0.2) is 12.4 Å². The minimum absolute atomic E-state index is 0.0535. The summed E-state index contributed by atoms with van der Waals surface area (Å²) in [5.74, 6) is 0.173.